The molecule has 5 aliphatic rings. The van der Waals surface area contributed by atoms with Crippen molar-refractivity contribution < 1.29 is 0 Å². The first-order valence-electron chi connectivity index (χ1n) is 13.4. The number of hydrogen-bond acceptors (Lipinski definition) is 1. The van der Waals surface area contributed by atoms with E-state index < -0.39 is 7.92 Å². The Morgan fingerprint density at radius 2 is 1.37 bits per heavy atom. The summed E-state index contributed by atoms with van der Waals surface area (Å²) in [4.78, 5) is 0. The van der Waals surface area contributed by atoms with Gasteiger partial charge in [0.2, 0.25) is 0 Å². The molecule has 4 bridgehead atoms. The van der Waals surface area contributed by atoms with Crippen LogP contribution in [0.1, 0.15) is 57.2 Å². The predicted octanol–water partition coefficient (Wildman–Crippen LogP) is 6.78. The Morgan fingerprint density at radius 3 is 1.94 bits per heavy atom. The number of rotatable bonds is 6. The average Bonchev–Trinajstić information content (AvgIpc) is 3.56. The predicted molar refractivity (Wildman–Crippen MR) is 145 cm³/mol. The highest BCUT2D eigenvalue weighted by atomic mass is 31.1. The molecule has 5 fully saturated rings. The fraction of sp³-hybridized carbons (Fsp3) is 0.375. The number of hydrogen-bond donors (Lipinski definition) is 0. The molecule has 2 nitrogen and oxygen atoms in total. The van der Waals surface area contributed by atoms with Crippen molar-refractivity contribution in [3.63, 3.8) is 0 Å². The van der Waals surface area contributed by atoms with Crippen LogP contribution in [0.3, 0.4) is 0 Å². The summed E-state index contributed by atoms with van der Waals surface area (Å²) in [6.07, 6.45) is 17.8. The number of aromatic nitrogens is 2. The molecule has 2 aromatic carbocycles. The van der Waals surface area contributed by atoms with Crippen LogP contribution in [-0.4, -0.2) is 9.78 Å². The Morgan fingerprint density at radius 1 is 0.800 bits per heavy atom. The van der Waals surface area contributed by atoms with E-state index in [1.807, 2.05) is 0 Å². The van der Waals surface area contributed by atoms with Gasteiger partial charge in [-0.2, -0.15) is 5.10 Å². The zero-order valence-corrected chi connectivity index (χ0v) is 21.4. The number of benzene rings is 2. The molecular weight excluding hydrogens is 443 g/mol. The van der Waals surface area contributed by atoms with Gasteiger partial charge in [0, 0.05) is 23.2 Å². The van der Waals surface area contributed by atoms with Gasteiger partial charge in [-0.3, -0.25) is 4.68 Å². The van der Waals surface area contributed by atoms with Crippen molar-refractivity contribution in [1.82, 2.24) is 9.78 Å². The Labute approximate surface area is 212 Å². The van der Waals surface area contributed by atoms with E-state index in [2.05, 4.69) is 104 Å². The van der Waals surface area contributed by atoms with Gasteiger partial charge in [-0.25, -0.2) is 0 Å². The first-order chi connectivity index (χ1) is 17.2. The quantitative estimate of drug-likeness (QED) is 0.358. The maximum Gasteiger partial charge on any atom is 0.0686 e. The zero-order valence-electron chi connectivity index (χ0n) is 20.6. The standard InChI is InChI=1S/C32H34N2P/c1-23(34-16-15-31(33-34)32-20-24-17-25(21-32)19-26(18-24)22-32)29-13-8-14-30(29)35(27-9-4-2-5-10-27)28-11-6-3-7-12-28/h2-16,23-26H,17-22H2,1H3/t23-,24?,25?,26?,32?/m0/s1. The Bertz CT molecular complexity index is 1080. The summed E-state index contributed by atoms with van der Waals surface area (Å²) in [5.41, 5.74) is 3.19. The van der Waals surface area contributed by atoms with Crippen molar-refractivity contribution in [2.24, 2.45) is 17.8 Å². The molecule has 0 unspecified atom stereocenters. The molecule has 3 heteroatoms. The maximum absolute atomic E-state index is 5.33. The van der Waals surface area contributed by atoms with Crippen LogP contribution in [0.4, 0.5) is 0 Å². The van der Waals surface area contributed by atoms with Gasteiger partial charge in [0.25, 0.3) is 0 Å². The van der Waals surface area contributed by atoms with Crippen LogP contribution in [0.25, 0.3) is 0 Å². The fourth-order valence-corrected chi connectivity index (χ4v) is 10.5. The van der Waals surface area contributed by atoms with Crippen molar-refractivity contribution >= 4 is 18.5 Å². The highest BCUT2D eigenvalue weighted by molar-refractivity contribution is 7.76. The lowest BCUT2D eigenvalue weighted by Gasteiger charge is -2.56. The highest BCUT2D eigenvalue weighted by Crippen LogP contribution is 2.61. The first kappa shape index (κ1) is 22.3. The van der Waals surface area contributed by atoms with Crippen molar-refractivity contribution in [3.05, 3.63) is 109 Å². The second-order valence-electron chi connectivity index (χ2n) is 11.4. The molecule has 5 aliphatic carbocycles. The minimum Gasteiger partial charge on any atom is -0.269 e. The molecule has 0 saturated heterocycles. The molecule has 1 atom stereocenters. The fourth-order valence-electron chi connectivity index (χ4n) is 7.97. The van der Waals surface area contributed by atoms with E-state index in [4.69, 9.17) is 5.10 Å². The molecule has 8 rings (SSSR count). The van der Waals surface area contributed by atoms with Crippen LogP contribution < -0.4 is 10.6 Å². The molecule has 177 valence electrons. The zero-order chi connectivity index (χ0) is 23.4. The summed E-state index contributed by atoms with van der Waals surface area (Å²) in [7, 11) is -0.609. The smallest absolute Gasteiger partial charge is 0.0686 e. The van der Waals surface area contributed by atoms with Gasteiger partial charge >= 0.3 is 0 Å². The first-order valence-corrected chi connectivity index (χ1v) is 14.7. The van der Waals surface area contributed by atoms with E-state index in [-0.39, 0.29) is 6.04 Å². The normalized spacial score (nSPS) is 31.4. The largest absolute Gasteiger partial charge is 0.269 e. The monoisotopic (exact) mass is 477 g/mol. The SMILES string of the molecule is C[C@@H]([C]1[CH][CH][CH][C]1P(c1ccccc1)c1ccccc1)n1ccc(C23CC4CC(CC(C4)C2)C3)n1. The molecule has 5 radical (unpaired) electrons. The van der Waals surface area contributed by atoms with Gasteiger partial charge in [-0.1, -0.05) is 60.7 Å². The molecule has 1 aromatic heterocycles. The topological polar surface area (TPSA) is 17.8 Å². The van der Waals surface area contributed by atoms with E-state index in [0.717, 1.165) is 17.8 Å². The third-order valence-electron chi connectivity index (χ3n) is 9.13. The minimum atomic E-state index is -0.609. The third kappa shape index (κ3) is 3.92. The molecule has 0 spiro atoms. The van der Waals surface area contributed by atoms with Crippen LogP contribution in [-0.2, 0) is 5.41 Å². The lowest BCUT2D eigenvalue weighted by Crippen LogP contribution is -2.48. The van der Waals surface area contributed by atoms with Crippen LogP contribution in [0.5, 0.6) is 0 Å². The Kier molecular flexibility index (Phi) is 5.65. The molecule has 3 aromatic rings. The summed E-state index contributed by atoms with van der Waals surface area (Å²) in [5.74, 6) is 4.26. The summed E-state index contributed by atoms with van der Waals surface area (Å²) in [6.45, 7) is 2.33. The van der Waals surface area contributed by atoms with Gasteiger partial charge in [0.1, 0.15) is 0 Å². The second-order valence-corrected chi connectivity index (χ2v) is 13.6. The van der Waals surface area contributed by atoms with Gasteiger partial charge in [-0.05, 0) is 107 Å². The summed E-state index contributed by atoms with van der Waals surface area (Å²) in [6, 6.07) is 24.7. The second kappa shape index (κ2) is 8.88. The van der Waals surface area contributed by atoms with E-state index >= 15 is 0 Å². The van der Waals surface area contributed by atoms with Gasteiger partial charge in [0.15, 0.2) is 0 Å². The highest BCUT2D eigenvalue weighted by Gasteiger charge is 2.52. The molecule has 35 heavy (non-hydrogen) atoms. The molecule has 0 aliphatic heterocycles. The summed E-state index contributed by atoms with van der Waals surface area (Å²) >= 11 is 0. The van der Waals surface area contributed by atoms with Gasteiger partial charge < -0.3 is 0 Å². The molecule has 0 amide bonds. The van der Waals surface area contributed by atoms with E-state index in [1.165, 1.54) is 66.4 Å². The summed E-state index contributed by atoms with van der Waals surface area (Å²) in [5, 5.41) is 8.14. The lowest BCUT2D eigenvalue weighted by atomic mass is 9.49. The average molecular weight is 478 g/mol. The lowest BCUT2D eigenvalue weighted by molar-refractivity contribution is -0.00752. The Balaban J connectivity index is 1.18. The van der Waals surface area contributed by atoms with E-state index in [9.17, 15) is 0 Å². The van der Waals surface area contributed by atoms with Crippen molar-refractivity contribution in [2.45, 2.75) is 56.9 Å². The molecule has 5 saturated carbocycles. The summed E-state index contributed by atoms with van der Waals surface area (Å²) < 4.78 is 2.26. The molecular formula is C32H34N2P. The maximum atomic E-state index is 5.33. The van der Waals surface area contributed by atoms with Crippen LogP contribution in [0.15, 0.2) is 72.9 Å². The van der Waals surface area contributed by atoms with Gasteiger partial charge in [-0.15, -0.1) is 0 Å². The Hall–Kier alpha value is -1.92. The molecule has 0 N–H and O–H groups in total. The number of nitrogens with zero attached hydrogens (tertiary/aromatic N) is 2. The van der Waals surface area contributed by atoms with Crippen molar-refractivity contribution in [1.29, 1.82) is 0 Å². The van der Waals surface area contributed by atoms with Crippen molar-refractivity contribution in [3.8, 4) is 0 Å². The van der Waals surface area contributed by atoms with Gasteiger partial charge in [0.05, 0.1) is 11.7 Å². The van der Waals surface area contributed by atoms with E-state index in [0.29, 0.717) is 5.41 Å². The third-order valence-corrected chi connectivity index (χ3v) is 11.7. The van der Waals surface area contributed by atoms with Crippen LogP contribution in [0.2, 0.25) is 0 Å². The van der Waals surface area contributed by atoms with Crippen LogP contribution >= 0.6 is 7.92 Å². The van der Waals surface area contributed by atoms with Crippen LogP contribution in [0, 0.1) is 48.6 Å². The van der Waals surface area contributed by atoms with Crippen molar-refractivity contribution in [2.75, 3.05) is 0 Å². The minimum absolute atomic E-state index is 0.222. The molecule has 1 heterocycles. The van der Waals surface area contributed by atoms with E-state index in [1.54, 1.807) is 0 Å².